The number of hydrogen-bond acceptors (Lipinski definition) is 3. The van der Waals surface area contributed by atoms with Crippen molar-refractivity contribution in [3.05, 3.63) is 59.7 Å². The highest BCUT2D eigenvalue weighted by atomic mass is 16.5. The molecule has 2 aliphatic carbocycles. The predicted molar refractivity (Wildman–Crippen MR) is 139 cm³/mol. The molecule has 4 atom stereocenters. The van der Waals surface area contributed by atoms with E-state index in [0.29, 0.717) is 11.8 Å². The molecule has 2 bridgehead atoms. The lowest BCUT2D eigenvalue weighted by molar-refractivity contribution is -0.166. The van der Waals surface area contributed by atoms with Gasteiger partial charge in [-0.1, -0.05) is 37.3 Å². The zero-order valence-corrected chi connectivity index (χ0v) is 21.5. The molecule has 3 nitrogen and oxygen atoms in total. The smallest absolute Gasteiger partial charge is 0.311 e. The van der Waals surface area contributed by atoms with Crippen molar-refractivity contribution < 1.29 is 14.3 Å². The van der Waals surface area contributed by atoms with Crippen LogP contribution in [-0.4, -0.2) is 18.2 Å². The van der Waals surface area contributed by atoms with Gasteiger partial charge < -0.3 is 9.47 Å². The zero-order valence-electron chi connectivity index (χ0n) is 21.5. The summed E-state index contributed by atoms with van der Waals surface area (Å²) in [4.78, 5) is 12.6. The fourth-order valence-electron chi connectivity index (χ4n) is 5.90. The van der Waals surface area contributed by atoms with E-state index in [9.17, 15) is 4.79 Å². The lowest BCUT2D eigenvalue weighted by Gasteiger charge is -2.36. The Labute approximate surface area is 203 Å². The maximum atomic E-state index is 12.6. The van der Waals surface area contributed by atoms with Crippen molar-refractivity contribution in [1.29, 1.82) is 0 Å². The fourth-order valence-corrected chi connectivity index (χ4v) is 5.90. The molecule has 2 saturated carbocycles. The molecule has 2 aliphatic rings. The van der Waals surface area contributed by atoms with Gasteiger partial charge >= 0.3 is 5.97 Å². The average Bonchev–Trinajstić information content (AvgIpc) is 3.37. The van der Waals surface area contributed by atoms with Crippen molar-refractivity contribution in [2.45, 2.75) is 85.0 Å². The number of rotatable bonds is 6. The average molecular weight is 459 g/mol. The highest BCUT2D eigenvalue weighted by molar-refractivity contribution is 5.99. The number of benzene rings is 3. The highest BCUT2D eigenvalue weighted by Gasteiger charge is 2.50. The first-order valence-corrected chi connectivity index (χ1v) is 12.9. The van der Waals surface area contributed by atoms with Gasteiger partial charge in [-0.3, -0.25) is 4.79 Å². The van der Waals surface area contributed by atoms with Gasteiger partial charge in [-0.2, -0.15) is 0 Å². The quantitative estimate of drug-likeness (QED) is 0.280. The zero-order chi connectivity index (χ0) is 24.3. The first-order chi connectivity index (χ1) is 16.1. The van der Waals surface area contributed by atoms with Gasteiger partial charge in [0.25, 0.3) is 0 Å². The molecule has 3 aromatic rings. The molecular formula is C31H38O3. The van der Waals surface area contributed by atoms with Crippen molar-refractivity contribution in [3.63, 3.8) is 0 Å². The fraction of sp³-hybridized carbons (Fsp3) is 0.516. The lowest BCUT2D eigenvalue weighted by Crippen LogP contribution is -2.37. The van der Waals surface area contributed by atoms with Crippen LogP contribution in [0.15, 0.2) is 48.5 Å². The van der Waals surface area contributed by atoms with Crippen molar-refractivity contribution in [1.82, 2.24) is 0 Å². The molecule has 34 heavy (non-hydrogen) atoms. The predicted octanol–water partition coefficient (Wildman–Crippen LogP) is 7.70. The van der Waals surface area contributed by atoms with E-state index in [1.807, 2.05) is 20.8 Å². The maximum Gasteiger partial charge on any atom is 0.311 e. The molecule has 3 aromatic carbocycles. The van der Waals surface area contributed by atoms with Crippen molar-refractivity contribution in [2.75, 3.05) is 0 Å². The second-order valence-corrected chi connectivity index (χ2v) is 11.8. The molecule has 0 saturated heterocycles. The Morgan fingerprint density at radius 2 is 1.62 bits per heavy atom. The molecule has 0 aliphatic heterocycles. The lowest BCUT2D eigenvalue weighted by atomic mass is 9.89. The molecule has 180 valence electrons. The van der Waals surface area contributed by atoms with Crippen LogP contribution in [-0.2, 0) is 19.9 Å². The Kier molecular flexibility index (Phi) is 5.75. The Morgan fingerprint density at radius 1 is 0.882 bits per heavy atom. The summed E-state index contributed by atoms with van der Waals surface area (Å²) in [7, 11) is 0. The molecule has 0 radical (unpaired) electrons. The van der Waals surface area contributed by atoms with Crippen LogP contribution in [0.2, 0.25) is 0 Å². The van der Waals surface area contributed by atoms with Gasteiger partial charge in [0.1, 0.15) is 6.10 Å². The standard InChI is InChI=1S/C31H38O3/c1-7-30(3,4)29(32)33-27-17-24-14-23(27)18-28(24)34-31(5,6)25-12-11-20-13-21-10-8-9-19(2)26(21)16-22(20)15-25/h8-13,15-16,23-24,27-28H,7,14,17-18H2,1-6H3. The van der Waals surface area contributed by atoms with Gasteiger partial charge in [-0.25, -0.2) is 0 Å². The Bertz CT molecular complexity index is 1240. The van der Waals surface area contributed by atoms with Gasteiger partial charge in [-0.05, 0) is 123 Å². The second kappa shape index (κ2) is 8.37. The minimum Gasteiger partial charge on any atom is -0.462 e. The Morgan fingerprint density at radius 3 is 2.32 bits per heavy atom. The molecule has 0 amide bonds. The summed E-state index contributed by atoms with van der Waals surface area (Å²) in [5.74, 6) is 0.844. The first kappa shape index (κ1) is 23.4. The van der Waals surface area contributed by atoms with Crippen LogP contribution < -0.4 is 0 Å². The van der Waals surface area contributed by atoms with E-state index in [1.165, 1.54) is 32.7 Å². The number of carbonyl (C=O) groups excluding carboxylic acids is 1. The van der Waals surface area contributed by atoms with Gasteiger partial charge in [0, 0.05) is 0 Å². The number of hydrogen-bond donors (Lipinski definition) is 0. The summed E-state index contributed by atoms with van der Waals surface area (Å²) in [6.45, 7) is 12.6. The molecule has 0 aromatic heterocycles. The third kappa shape index (κ3) is 4.13. The number of aryl methyl sites for hydroxylation is 1. The van der Waals surface area contributed by atoms with E-state index in [2.05, 4.69) is 69.3 Å². The third-order valence-electron chi connectivity index (χ3n) is 8.62. The van der Waals surface area contributed by atoms with E-state index in [0.717, 1.165) is 25.7 Å². The van der Waals surface area contributed by atoms with E-state index in [1.54, 1.807) is 0 Å². The summed E-state index contributed by atoms with van der Waals surface area (Å²) in [6, 6.07) is 17.8. The summed E-state index contributed by atoms with van der Waals surface area (Å²) in [5, 5.41) is 5.12. The summed E-state index contributed by atoms with van der Waals surface area (Å²) in [5.41, 5.74) is 1.74. The van der Waals surface area contributed by atoms with Gasteiger partial charge in [0.05, 0.1) is 17.1 Å². The van der Waals surface area contributed by atoms with Crippen molar-refractivity contribution >= 4 is 27.5 Å². The monoisotopic (exact) mass is 458 g/mol. The first-order valence-electron chi connectivity index (χ1n) is 12.9. The number of carbonyl (C=O) groups is 1. The van der Waals surface area contributed by atoms with Crippen molar-refractivity contribution in [3.8, 4) is 0 Å². The van der Waals surface area contributed by atoms with Gasteiger partial charge in [0.2, 0.25) is 0 Å². The maximum absolute atomic E-state index is 12.6. The van der Waals surface area contributed by atoms with E-state index in [-0.39, 0.29) is 23.8 Å². The van der Waals surface area contributed by atoms with Crippen LogP contribution >= 0.6 is 0 Å². The molecule has 0 heterocycles. The molecule has 3 heteroatoms. The number of esters is 1. The van der Waals surface area contributed by atoms with Gasteiger partial charge in [-0.15, -0.1) is 0 Å². The summed E-state index contributed by atoms with van der Waals surface area (Å²) >= 11 is 0. The molecule has 4 unspecified atom stereocenters. The Balaban J connectivity index is 1.30. The SMILES string of the molecule is CCC(C)(C)C(=O)OC1CC2CC1CC2OC(C)(C)c1ccc2cc3cccc(C)c3cc2c1. The van der Waals surface area contributed by atoms with E-state index in [4.69, 9.17) is 9.47 Å². The van der Waals surface area contributed by atoms with Crippen LogP contribution in [0.5, 0.6) is 0 Å². The van der Waals surface area contributed by atoms with Crippen LogP contribution in [0.1, 0.15) is 71.4 Å². The van der Waals surface area contributed by atoms with Crippen LogP contribution in [0.25, 0.3) is 21.5 Å². The number of ether oxygens (including phenoxy) is 2. The van der Waals surface area contributed by atoms with Crippen LogP contribution in [0.4, 0.5) is 0 Å². The minimum atomic E-state index is -0.403. The van der Waals surface area contributed by atoms with E-state index < -0.39 is 5.41 Å². The summed E-state index contributed by atoms with van der Waals surface area (Å²) < 4.78 is 12.7. The molecule has 5 rings (SSSR count). The molecule has 2 fully saturated rings. The van der Waals surface area contributed by atoms with Gasteiger partial charge in [0.15, 0.2) is 0 Å². The van der Waals surface area contributed by atoms with Crippen LogP contribution in [0.3, 0.4) is 0 Å². The normalized spacial score (nSPS) is 24.8. The number of fused-ring (bicyclic) bond motifs is 4. The molecule has 0 N–H and O–H groups in total. The Hall–Kier alpha value is -2.39. The van der Waals surface area contributed by atoms with E-state index >= 15 is 0 Å². The second-order valence-electron chi connectivity index (χ2n) is 11.8. The molecule has 0 spiro atoms. The van der Waals surface area contributed by atoms with Crippen LogP contribution in [0, 0.1) is 24.2 Å². The largest absolute Gasteiger partial charge is 0.462 e. The molecular weight excluding hydrogens is 420 g/mol. The van der Waals surface area contributed by atoms with Crippen molar-refractivity contribution in [2.24, 2.45) is 17.3 Å². The minimum absolute atomic E-state index is 0.0516. The summed E-state index contributed by atoms with van der Waals surface area (Å²) in [6.07, 6.45) is 4.10. The topological polar surface area (TPSA) is 35.5 Å². The highest BCUT2D eigenvalue weighted by Crippen LogP contribution is 2.50. The third-order valence-corrected chi connectivity index (χ3v) is 8.62.